The van der Waals surface area contributed by atoms with E-state index in [0.29, 0.717) is 48.1 Å². The number of nitrogens with two attached hydrogens (primary N) is 1. The zero-order chi connectivity index (χ0) is 26.1. The third kappa shape index (κ3) is 5.09. The zero-order valence-corrected chi connectivity index (χ0v) is 20.3. The van der Waals surface area contributed by atoms with Gasteiger partial charge in [-0.1, -0.05) is 18.2 Å². The number of amides is 1. The minimum Gasteiger partial charge on any atom is -0.491 e. The molecule has 37 heavy (non-hydrogen) atoms. The van der Waals surface area contributed by atoms with E-state index in [1.54, 1.807) is 23.1 Å². The number of carbonyl (C=O) groups is 2. The smallest absolute Gasteiger partial charge is 0.318 e. The van der Waals surface area contributed by atoms with Gasteiger partial charge in [0.1, 0.15) is 19.0 Å². The molecular weight excluding hydrogens is 476 g/mol. The molecule has 2 aromatic carbocycles. The van der Waals surface area contributed by atoms with Crippen LogP contribution in [0.2, 0.25) is 0 Å². The Balaban J connectivity index is 1.46. The number of hydrogen-bond donors (Lipinski definition) is 1. The number of anilines is 1. The second-order valence-electron chi connectivity index (χ2n) is 9.23. The van der Waals surface area contributed by atoms with Gasteiger partial charge in [-0.25, -0.2) is 4.98 Å². The fraction of sp³-hybridized carbons (Fsp3) is 0.296. The maximum Gasteiger partial charge on any atom is 0.318 e. The Bertz CT molecular complexity index is 1400. The highest BCUT2D eigenvalue weighted by molar-refractivity contribution is 5.97. The van der Waals surface area contributed by atoms with E-state index in [1.807, 2.05) is 18.2 Å². The van der Waals surface area contributed by atoms with Crippen molar-refractivity contribution in [1.82, 2.24) is 9.88 Å². The Morgan fingerprint density at radius 1 is 1.19 bits per heavy atom. The maximum absolute atomic E-state index is 13.4. The summed E-state index contributed by atoms with van der Waals surface area (Å²) in [5.74, 6) is 0.360. The van der Waals surface area contributed by atoms with Crippen LogP contribution in [-0.2, 0) is 22.7 Å². The van der Waals surface area contributed by atoms with E-state index < -0.39 is 10.9 Å². The molecule has 0 unspecified atom stereocenters. The number of carbonyl (C=O) groups excluding carboxylic acids is 2. The fourth-order valence-corrected chi connectivity index (χ4v) is 4.60. The molecule has 2 aliphatic rings. The molecule has 1 aliphatic heterocycles. The van der Waals surface area contributed by atoms with E-state index in [1.165, 1.54) is 37.6 Å². The highest BCUT2D eigenvalue weighted by Gasteiger charge is 2.29. The van der Waals surface area contributed by atoms with Crippen molar-refractivity contribution in [3.63, 3.8) is 0 Å². The summed E-state index contributed by atoms with van der Waals surface area (Å²) >= 11 is 0. The topological polar surface area (TPSA) is 138 Å². The summed E-state index contributed by atoms with van der Waals surface area (Å²) in [5.41, 5.74) is 9.30. The summed E-state index contributed by atoms with van der Waals surface area (Å²) in [5, 5.41) is 11.7. The van der Waals surface area contributed by atoms with Crippen molar-refractivity contribution in [1.29, 1.82) is 0 Å². The second-order valence-corrected chi connectivity index (χ2v) is 9.23. The van der Waals surface area contributed by atoms with Crippen LogP contribution >= 0.6 is 0 Å². The van der Waals surface area contributed by atoms with Gasteiger partial charge < -0.3 is 20.1 Å². The number of nitrogens with zero attached hydrogens (tertiary/aromatic N) is 3. The number of nitrogen functional groups attached to an aromatic ring is 1. The highest BCUT2D eigenvalue weighted by atomic mass is 16.6. The van der Waals surface area contributed by atoms with Gasteiger partial charge in [0, 0.05) is 19.7 Å². The van der Waals surface area contributed by atoms with Crippen LogP contribution in [0.1, 0.15) is 52.7 Å². The van der Waals surface area contributed by atoms with Crippen LogP contribution in [0.15, 0.2) is 48.7 Å². The molecule has 0 spiro atoms. The number of nitro groups is 1. The van der Waals surface area contributed by atoms with Gasteiger partial charge in [0.2, 0.25) is 5.82 Å². The Labute approximate surface area is 213 Å². The van der Waals surface area contributed by atoms with Crippen LogP contribution < -0.4 is 10.5 Å². The summed E-state index contributed by atoms with van der Waals surface area (Å²) in [4.78, 5) is 41.6. The summed E-state index contributed by atoms with van der Waals surface area (Å²) < 4.78 is 11.1. The Morgan fingerprint density at radius 3 is 2.70 bits per heavy atom. The summed E-state index contributed by atoms with van der Waals surface area (Å²) in [6.07, 6.45) is 3.72. The molecule has 0 saturated heterocycles. The monoisotopic (exact) mass is 502 g/mol. The quantitative estimate of drug-likeness (QED) is 0.288. The fourth-order valence-electron chi connectivity index (χ4n) is 4.60. The van der Waals surface area contributed by atoms with Gasteiger partial charge >= 0.3 is 11.7 Å². The number of aromatic nitrogens is 1. The second kappa shape index (κ2) is 9.88. The number of pyridine rings is 1. The first kappa shape index (κ1) is 24.2. The lowest BCUT2D eigenvalue weighted by molar-refractivity contribution is -0.383. The molecule has 1 saturated carbocycles. The Hall–Kier alpha value is -4.47. The highest BCUT2D eigenvalue weighted by Crippen LogP contribution is 2.42. The van der Waals surface area contributed by atoms with Gasteiger partial charge in [-0.3, -0.25) is 19.7 Å². The van der Waals surface area contributed by atoms with E-state index in [9.17, 15) is 19.7 Å². The molecule has 2 N–H and O–H groups in total. The molecule has 0 radical (unpaired) electrons. The summed E-state index contributed by atoms with van der Waals surface area (Å²) in [6.45, 7) is 2.26. The molecule has 1 aromatic heterocycles. The first-order chi connectivity index (χ1) is 17.8. The Kier molecular flexibility index (Phi) is 6.47. The molecule has 1 amide bonds. The largest absolute Gasteiger partial charge is 0.491 e. The average Bonchev–Trinajstić information content (AvgIpc) is 3.72. The first-order valence-electron chi connectivity index (χ1n) is 12.0. The van der Waals surface area contributed by atoms with E-state index >= 15 is 0 Å². The van der Waals surface area contributed by atoms with Crippen molar-refractivity contribution in [2.45, 2.75) is 38.8 Å². The number of benzene rings is 2. The van der Waals surface area contributed by atoms with Crippen LogP contribution in [0.5, 0.6) is 5.75 Å². The van der Waals surface area contributed by atoms with Crippen molar-refractivity contribution >= 4 is 23.4 Å². The maximum atomic E-state index is 13.4. The molecule has 3 aromatic rings. The third-order valence-electron chi connectivity index (χ3n) is 6.59. The van der Waals surface area contributed by atoms with Crippen molar-refractivity contribution < 1.29 is 24.0 Å². The van der Waals surface area contributed by atoms with Gasteiger partial charge in [0.15, 0.2) is 0 Å². The summed E-state index contributed by atoms with van der Waals surface area (Å²) in [6, 6.07) is 12.6. The predicted octanol–water partition coefficient (Wildman–Crippen LogP) is 4.21. The number of esters is 1. The summed E-state index contributed by atoms with van der Waals surface area (Å²) in [7, 11) is 0. The minimum atomic E-state index is -0.580. The van der Waals surface area contributed by atoms with Crippen LogP contribution in [0.3, 0.4) is 0 Å². The normalized spacial score (nSPS) is 14.9. The lowest BCUT2D eigenvalue weighted by atomic mass is 9.96. The molecule has 1 fully saturated rings. The van der Waals surface area contributed by atoms with Gasteiger partial charge in [-0.15, -0.1) is 0 Å². The third-order valence-corrected chi connectivity index (χ3v) is 6.59. The predicted molar refractivity (Wildman–Crippen MR) is 135 cm³/mol. The average molecular weight is 503 g/mol. The number of fused-ring (bicyclic) bond motifs is 1. The molecule has 190 valence electrons. The molecule has 2 heterocycles. The zero-order valence-electron chi connectivity index (χ0n) is 20.3. The van der Waals surface area contributed by atoms with Crippen LogP contribution in [-0.4, -0.2) is 39.8 Å². The SMILES string of the molecule is CC(=O)OCc1cc(CN2CCOc3cc(C4CC4)ccc3C2=O)ccc1-c1ccnc(N)c1[N+](=O)[O-]. The van der Waals surface area contributed by atoms with Crippen molar-refractivity contribution in [3.05, 3.63) is 81.0 Å². The lowest BCUT2D eigenvalue weighted by Gasteiger charge is -2.21. The molecule has 0 atom stereocenters. The van der Waals surface area contributed by atoms with E-state index in [-0.39, 0.29) is 29.6 Å². The van der Waals surface area contributed by atoms with Crippen LogP contribution in [0, 0.1) is 10.1 Å². The van der Waals surface area contributed by atoms with Crippen molar-refractivity contribution in [3.8, 4) is 16.9 Å². The van der Waals surface area contributed by atoms with Crippen LogP contribution in [0.25, 0.3) is 11.1 Å². The molecule has 10 heteroatoms. The van der Waals surface area contributed by atoms with Crippen molar-refractivity contribution in [2.75, 3.05) is 18.9 Å². The Morgan fingerprint density at radius 2 is 1.97 bits per heavy atom. The molecule has 10 nitrogen and oxygen atoms in total. The van der Waals surface area contributed by atoms with Gasteiger partial charge in [-0.05, 0) is 65.3 Å². The number of hydrogen-bond acceptors (Lipinski definition) is 8. The molecular formula is C27H26N4O6. The van der Waals surface area contributed by atoms with Crippen LogP contribution in [0.4, 0.5) is 11.5 Å². The van der Waals surface area contributed by atoms with E-state index in [2.05, 4.69) is 4.98 Å². The van der Waals surface area contributed by atoms with Gasteiger partial charge in [0.05, 0.1) is 22.6 Å². The van der Waals surface area contributed by atoms with E-state index in [4.69, 9.17) is 15.2 Å². The van der Waals surface area contributed by atoms with E-state index in [0.717, 1.165) is 5.56 Å². The lowest BCUT2D eigenvalue weighted by Crippen LogP contribution is -2.31. The van der Waals surface area contributed by atoms with Gasteiger partial charge in [-0.2, -0.15) is 0 Å². The molecule has 5 rings (SSSR count). The molecule has 0 bridgehead atoms. The van der Waals surface area contributed by atoms with Crippen molar-refractivity contribution in [2.24, 2.45) is 0 Å². The molecule has 1 aliphatic carbocycles. The van der Waals surface area contributed by atoms with Gasteiger partial charge in [0.25, 0.3) is 5.91 Å². The minimum absolute atomic E-state index is 0.0955. The standard InChI is InChI=1S/C27H26N4O6/c1-16(32)37-15-20-12-17(2-6-21(20)22-8-9-29-26(28)25(22)31(34)35)14-30-10-11-36-24-13-19(18-3-4-18)5-7-23(24)27(30)33/h2,5-9,12-13,18H,3-4,10-11,14-15H2,1H3,(H2,28,29). The number of rotatable bonds is 7. The number of ether oxygens (including phenoxy) is 2. The first-order valence-corrected chi connectivity index (χ1v) is 12.0.